The number of hydrogen-bond donors (Lipinski definition) is 2. The van der Waals surface area contributed by atoms with Crippen LogP contribution in [0.3, 0.4) is 0 Å². The van der Waals surface area contributed by atoms with Crippen molar-refractivity contribution in [3.8, 4) is 0 Å². The number of nitrogens with zero attached hydrogens (tertiary/aromatic N) is 3. The molecule has 7 nitrogen and oxygen atoms in total. The number of ether oxygens (including phenoxy) is 1. The smallest absolute Gasteiger partial charge is 0.191 e. The maximum Gasteiger partial charge on any atom is 0.191 e. The van der Waals surface area contributed by atoms with Gasteiger partial charge in [-0.3, -0.25) is 4.90 Å². The van der Waals surface area contributed by atoms with E-state index in [9.17, 15) is 0 Å². The fourth-order valence-electron chi connectivity index (χ4n) is 3.00. The van der Waals surface area contributed by atoms with Gasteiger partial charge in [0.15, 0.2) is 5.96 Å². The average Bonchev–Trinajstić information content (AvgIpc) is 3.41. The van der Waals surface area contributed by atoms with Crippen LogP contribution >= 0.6 is 11.3 Å². The number of guanidine groups is 1. The number of aryl methyl sites for hydroxylation is 1. The van der Waals surface area contributed by atoms with Crippen molar-refractivity contribution in [2.45, 2.75) is 32.7 Å². The molecule has 1 aliphatic heterocycles. The third-order valence-electron chi connectivity index (χ3n) is 4.61. The molecule has 2 N–H and O–H groups in total. The summed E-state index contributed by atoms with van der Waals surface area (Å²) in [4.78, 5) is 12.9. The van der Waals surface area contributed by atoms with E-state index in [0.717, 1.165) is 81.9 Å². The first-order valence-electron chi connectivity index (χ1n) is 10.1. The quantitative estimate of drug-likeness (QED) is 0.359. The summed E-state index contributed by atoms with van der Waals surface area (Å²) in [6.45, 7) is 9.27. The van der Waals surface area contributed by atoms with Crippen molar-refractivity contribution < 1.29 is 9.15 Å². The summed E-state index contributed by atoms with van der Waals surface area (Å²) < 4.78 is 10.8. The maximum absolute atomic E-state index is 5.40. The minimum Gasteiger partial charge on any atom is -0.469 e. The molecule has 2 aromatic rings. The summed E-state index contributed by atoms with van der Waals surface area (Å²) in [6.07, 6.45) is 6.60. The van der Waals surface area contributed by atoms with Crippen LogP contribution in [-0.4, -0.2) is 61.8 Å². The van der Waals surface area contributed by atoms with Crippen LogP contribution in [0.25, 0.3) is 0 Å². The van der Waals surface area contributed by atoms with Crippen LogP contribution in [0, 0.1) is 0 Å². The Labute approximate surface area is 171 Å². The molecule has 3 rings (SSSR count). The molecule has 0 aromatic carbocycles. The molecule has 1 aliphatic rings. The van der Waals surface area contributed by atoms with Gasteiger partial charge < -0.3 is 19.8 Å². The van der Waals surface area contributed by atoms with Gasteiger partial charge in [-0.25, -0.2) is 9.98 Å². The van der Waals surface area contributed by atoms with E-state index < -0.39 is 0 Å². The van der Waals surface area contributed by atoms with Crippen molar-refractivity contribution in [3.63, 3.8) is 0 Å². The molecule has 0 atom stereocenters. The van der Waals surface area contributed by atoms with Gasteiger partial charge in [0.1, 0.15) is 10.8 Å². The summed E-state index contributed by atoms with van der Waals surface area (Å²) >= 11 is 1.74. The summed E-state index contributed by atoms with van der Waals surface area (Å²) in [7, 11) is 0. The molecule has 0 aliphatic carbocycles. The van der Waals surface area contributed by atoms with E-state index in [-0.39, 0.29) is 0 Å². The largest absolute Gasteiger partial charge is 0.469 e. The number of aromatic nitrogens is 1. The first-order valence-corrected chi connectivity index (χ1v) is 10.9. The molecule has 0 bridgehead atoms. The van der Waals surface area contributed by atoms with Crippen molar-refractivity contribution in [3.05, 3.63) is 40.2 Å². The fourth-order valence-corrected chi connectivity index (χ4v) is 3.79. The molecule has 28 heavy (non-hydrogen) atoms. The number of hydrogen-bond acceptors (Lipinski definition) is 6. The molecule has 0 spiro atoms. The zero-order valence-corrected chi connectivity index (χ0v) is 17.5. The Kier molecular flexibility index (Phi) is 8.80. The maximum atomic E-state index is 5.40. The van der Waals surface area contributed by atoms with Crippen LogP contribution in [0.2, 0.25) is 0 Å². The second kappa shape index (κ2) is 11.8. The summed E-state index contributed by atoms with van der Waals surface area (Å²) in [5.74, 6) is 1.81. The number of aliphatic imine (C=N–C) groups is 1. The Hall–Kier alpha value is -1.90. The molecule has 2 aromatic heterocycles. The van der Waals surface area contributed by atoms with Gasteiger partial charge in [-0.2, -0.15) is 0 Å². The number of nitrogens with one attached hydrogen (secondary N) is 2. The first kappa shape index (κ1) is 20.8. The van der Waals surface area contributed by atoms with Gasteiger partial charge in [0.2, 0.25) is 0 Å². The third-order valence-corrected chi connectivity index (χ3v) is 5.74. The Morgan fingerprint density at radius 3 is 2.89 bits per heavy atom. The lowest BCUT2D eigenvalue weighted by atomic mass is 10.3. The number of thiazole rings is 1. The third kappa shape index (κ3) is 7.26. The van der Waals surface area contributed by atoms with Crippen molar-refractivity contribution >= 4 is 17.3 Å². The van der Waals surface area contributed by atoms with E-state index in [1.54, 1.807) is 17.6 Å². The monoisotopic (exact) mass is 405 g/mol. The van der Waals surface area contributed by atoms with E-state index >= 15 is 0 Å². The molecular formula is C20H31N5O2S. The SMILES string of the molecule is CCc1cnc(CN=C(NCCCN2CCOCC2)NCCc2ccco2)s1. The van der Waals surface area contributed by atoms with Crippen molar-refractivity contribution in [1.82, 2.24) is 20.5 Å². The van der Waals surface area contributed by atoms with E-state index in [4.69, 9.17) is 14.1 Å². The van der Waals surface area contributed by atoms with Crippen LogP contribution < -0.4 is 10.6 Å². The average molecular weight is 406 g/mol. The van der Waals surface area contributed by atoms with Crippen molar-refractivity contribution in [1.29, 1.82) is 0 Å². The summed E-state index contributed by atoms with van der Waals surface area (Å²) in [5.41, 5.74) is 0. The molecule has 0 saturated carbocycles. The van der Waals surface area contributed by atoms with Gasteiger partial charge in [0.05, 0.1) is 26.0 Å². The topological polar surface area (TPSA) is 74.9 Å². The molecule has 3 heterocycles. The molecule has 0 unspecified atom stereocenters. The predicted octanol–water partition coefficient (Wildman–Crippen LogP) is 2.30. The van der Waals surface area contributed by atoms with Crippen molar-refractivity contribution in [2.75, 3.05) is 45.9 Å². The van der Waals surface area contributed by atoms with Crippen LogP contribution in [0.4, 0.5) is 0 Å². The molecule has 1 saturated heterocycles. The van der Waals surface area contributed by atoms with E-state index in [0.29, 0.717) is 6.54 Å². The van der Waals surface area contributed by atoms with Gasteiger partial charge in [-0.1, -0.05) is 6.92 Å². The summed E-state index contributed by atoms with van der Waals surface area (Å²) in [6, 6.07) is 3.91. The Balaban J connectivity index is 1.45. The van der Waals surface area contributed by atoms with Crippen LogP contribution in [0.5, 0.6) is 0 Å². The first-order chi connectivity index (χ1) is 13.8. The van der Waals surface area contributed by atoms with E-state index in [1.807, 2.05) is 18.3 Å². The Morgan fingerprint density at radius 2 is 2.14 bits per heavy atom. The highest BCUT2D eigenvalue weighted by atomic mass is 32.1. The highest BCUT2D eigenvalue weighted by molar-refractivity contribution is 7.11. The van der Waals surface area contributed by atoms with Crippen LogP contribution in [0.15, 0.2) is 34.0 Å². The predicted molar refractivity (Wildman–Crippen MR) is 113 cm³/mol. The highest BCUT2D eigenvalue weighted by Crippen LogP contribution is 2.14. The van der Waals surface area contributed by atoms with Gasteiger partial charge in [0, 0.05) is 43.7 Å². The van der Waals surface area contributed by atoms with Crippen LogP contribution in [-0.2, 0) is 24.1 Å². The summed E-state index contributed by atoms with van der Waals surface area (Å²) in [5, 5.41) is 7.92. The zero-order valence-electron chi connectivity index (χ0n) is 16.7. The number of furan rings is 1. The second-order valence-corrected chi connectivity index (χ2v) is 7.93. The Bertz CT molecular complexity index is 695. The molecule has 0 radical (unpaired) electrons. The zero-order chi connectivity index (χ0) is 19.4. The number of rotatable bonds is 10. The minimum atomic E-state index is 0.601. The van der Waals surface area contributed by atoms with Gasteiger partial charge in [-0.05, 0) is 31.5 Å². The second-order valence-electron chi connectivity index (χ2n) is 6.73. The normalized spacial score (nSPS) is 15.7. The lowest BCUT2D eigenvalue weighted by molar-refractivity contribution is 0.0376. The van der Waals surface area contributed by atoms with Crippen molar-refractivity contribution in [2.24, 2.45) is 4.99 Å². The standard InChI is InChI=1S/C20H31N5O2S/c1-2-18-15-23-19(28-18)16-24-20(22-8-6-17-5-3-12-27-17)21-7-4-9-25-10-13-26-14-11-25/h3,5,12,15H,2,4,6-11,13-14,16H2,1H3,(H2,21,22,24). The Morgan fingerprint density at radius 1 is 1.29 bits per heavy atom. The highest BCUT2D eigenvalue weighted by Gasteiger charge is 2.09. The number of morpholine rings is 1. The van der Waals surface area contributed by atoms with Gasteiger partial charge >= 0.3 is 0 Å². The molecular weight excluding hydrogens is 374 g/mol. The lowest BCUT2D eigenvalue weighted by Crippen LogP contribution is -2.41. The van der Waals surface area contributed by atoms with Crippen LogP contribution in [0.1, 0.15) is 29.0 Å². The minimum absolute atomic E-state index is 0.601. The molecule has 0 amide bonds. The van der Waals surface area contributed by atoms with Gasteiger partial charge in [-0.15, -0.1) is 11.3 Å². The fraction of sp³-hybridized carbons (Fsp3) is 0.600. The van der Waals surface area contributed by atoms with Gasteiger partial charge in [0.25, 0.3) is 0 Å². The van der Waals surface area contributed by atoms with E-state index in [2.05, 4.69) is 27.4 Å². The molecule has 154 valence electrons. The lowest BCUT2D eigenvalue weighted by Gasteiger charge is -2.26. The molecule has 1 fully saturated rings. The molecule has 8 heteroatoms. The van der Waals surface area contributed by atoms with E-state index in [1.165, 1.54) is 4.88 Å².